The van der Waals surface area contributed by atoms with Crippen molar-refractivity contribution < 1.29 is 24.0 Å². The number of nitrogens with one attached hydrogen (secondary N) is 3. The van der Waals surface area contributed by atoms with E-state index in [0.717, 1.165) is 10.9 Å². The summed E-state index contributed by atoms with van der Waals surface area (Å²) < 4.78 is 7.80. The molecule has 0 aliphatic carbocycles. The number of halogens is 2. The van der Waals surface area contributed by atoms with Gasteiger partial charge in [0.2, 0.25) is 5.91 Å². The van der Waals surface area contributed by atoms with Crippen LogP contribution in [0.3, 0.4) is 0 Å². The maximum Gasteiger partial charge on any atom is 0.294 e. The molecule has 0 saturated carbocycles. The third kappa shape index (κ3) is 7.09. The number of ether oxygens (including phenoxy) is 1. The Balaban J connectivity index is 1.35. The molecule has 2 aromatic carbocycles. The Morgan fingerprint density at radius 1 is 1.04 bits per heavy atom. The summed E-state index contributed by atoms with van der Waals surface area (Å²) in [6, 6.07) is 6.19. The van der Waals surface area contributed by atoms with Gasteiger partial charge in [-0.25, -0.2) is 0 Å². The highest BCUT2D eigenvalue weighted by atomic mass is 79.9. The van der Waals surface area contributed by atoms with Gasteiger partial charge in [0.05, 0.1) is 56.4 Å². The van der Waals surface area contributed by atoms with Gasteiger partial charge in [0.15, 0.2) is 0 Å². The standard InChI is InChI=1S/C33H35BrClN9O6/c1-17-14-42(15-18(2)50-17)33(47)24-7-21(34)8-28(44(48)49)30(24)39-23-9-29(43(16-23)32(46)20-5-22(36-3)13-37-11-20)31(45)40-26-10-27-19(6-25(26)35)12-38-41(27)4/h5-8,10-13,17-18,23,29,36,39H,9,14-16H2,1-4H3,(H,40,45)/t17-,18+,23-,29+/m1/s1. The molecule has 3 N–H and O–H groups in total. The fourth-order valence-electron chi connectivity index (χ4n) is 6.53. The highest BCUT2D eigenvalue weighted by Crippen LogP contribution is 2.37. The molecule has 17 heteroatoms. The Morgan fingerprint density at radius 2 is 1.78 bits per heavy atom. The first kappa shape index (κ1) is 35.0. The van der Waals surface area contributed by atoms with E-state index in [1.807, 2.05) is 13.8 Å². The number of carbonyl (C=O) groups excluding carboxylic acids is 3. The molecule has 6 rings (SSSR count). The van der Waals surface area contributed by atoms with Crippen molar-refractivity contribution >= 4 is 78.9 Å². The molecule has 4 atom stereocenters. The Labute approximate surface area is 300 Å². The molecule has 4 heterocycles. The highest BCUT2D eigenvalue weighted by molar-refractivity contribution is 9.10. The number of pyridine rings is 1. The number of amides is 3. The van der Waals surface area contributed by atoms with Crippen molar-refractivity contribution in [2.75, 3.05) is 42.6 Å². The van der Waals surface area contributed by atoms with Crippen LogP contribution in [-0.4, -0.2) is 98.2 Å². The molecule has 2 fully saturated rings. The molecule has 0 spiro atoms. The molecule has 2 aliphatic rings. The topological polar surface area (TPSA) is 177 Å². The van der Waals surface area contributed by atoms with Crippen LogP contribution in [0, 0.1) is 10.1 Å². The lowest BCUT2D eigenvalue weighted by Crippen LogP contribution is -2.48. The van der Waals surface area contributed by atoms with E-state index in [2.05, 4.69) is 42.0 Å². The summed E-state index contributed by atoms with van der Waals surface area (Å²) in [7, 11) is 3.46. The normalized spacial score (nSPS) is 20.5. The van der Waals surface area contributed by atoms with E-state index in [4.69, 9.17) is 16.3 Å². The van der Waals surface area contributed by atoms with Gasteiger partial charge in [0, 0.05) is 68.1 Å². The molecule has 50 heavy (non-hydrogen) atoms. The lowest BCUT2D eigenvalue weighted by atomic mass is 10.1. The molecule has 4 aromatic rings. The minimum Gasteiger partial charge on any atom is -0.387 e. The fraction of sp³-hybridized carbons (Fsp3) is 0.364. The molecule has 262 valence electrons. The van der Waals surface area contributed by atoms with Crippen molar-refractivity contribution in [1.82, 2.24) is 24.6 Å². The van der Waals surface area contributed by atoms with E-state index in [-0.39, 0.29) is 52.7 Å². The van der Waals surface area contributed by atoms with E-state index >= 15 is 0 Å². The first-order valence-corrected chi connectivity index (χ1v) is 17.0. The number of aryl methyl sites for hydroxylation is 1. The second-order valence-electron chi connectivity index (χ2n) is 12.5. The number of morpholine rings is 1. The van der Waals surface area contributed by atoms with Gasteiger partial charge in [-0.05, 0) is 44.5 Å². The molecular weight excluding hydrogens is 734 g/mol. The van der Waals surface area contributed by atoms with Crippen molar-refractivity contribution in [2.24, 2.45) is 7.05 Å². The molecule has 3 amide bonds. The zero-order chi connectivity index (χ0) is 35.9. The Bertz CT molecular complexity index is 2000. The Morgan fingerprint density at radius 3 is 2.48 bits per heavy atom. The molecule has 15 nitrogen and oxygen atoms in total. The maximum atomic E-state index is 14.0. The first-order chi connectivity index (χ1) is 23.8. The number of nitro benzene ring substituents is 1. The van der Waals surface area contributed by atoms with Crippen molar-refractivity contribution in [3.8, 4) is 0 Å². The SMILES string of the molecule is CNc1cncc(C(=O)N2C[C@H](Nc3c(C(=O)N4C[C@@H](C)O[C@@H](C)C4)cc(Br)cc3[N+](=O)[O-])C[C@H]2C(=O)Nc2cc3c(cnn3C)cc2Cl)c1. The summed E-state index contributed by atoms with van der Waals surface area (Å²) in [5, 5.41) is 26.7. The van der Waals surface area contributed by atoms with Crippen LogP contribution in [0.4, 0.5) is 22.7 Å². The predicted molar refractivity (Wildman–Crippen MR) is 192 cm³/mol. The van der Waals surface area contributed by atoms with Crippen molar-refractivity contribution in [3.05, 3.63) is 79.7 Å². The molecule has 2 saturated heterocycles. The largest absolute Gasteiger partial charge is 0.387 e. The van der Waals surface area contributed by atoms with Gasteiger partial charge in [-0.1, -0.05) is 27.5 Å². The second-order valence-corrected chi connectivity index (χ2v) is 13.8. The van der Waals surface area contributed by atoms with Gasteiger partial charge in [0.25, 0.3) is 17.5 Å². The van der Waals surface area contributed by atoms with E-state index in [0.29, 0.717) is 28.9 Å². The zero-order valence-electron chi connectivity index (χ0n) is 27.6. The van der Waals surface area contributed by atoms with Crippen LogP contribution in [-0.2, 0) is 16.6 Å². The van der Waals surface area contributed by atoms with Gasteiger partial charge in [-0.3, -0.25) is 34.2 Å². The van der Waals surface area contributed by atoms with Gasteiger partial charge < -0.3 is 30.5 Å². The number of hydrogen-bond donors (Lipinski definition) is 3. The minimum absolute atomic E-state index is 0.00277. The van der Waals surface area contributed by atoms with Crippen molar-refractivity contribution in [3.63, 3.8) is 0 Å². The first-order valence-electron chi connectivity index (χ1n) is 15.9. The van der Waals surface area contributed by atoms with Crippen molar-refractivity contribution in [2.45, 2.75) is 44.6 Å². The fourth-order valence-corrected chi connectivity index (χ4v) is 7.20. The zero-order valence-corrected chi connectivity index (χ0v) is 30.0. The number of rotatable bonds is 8. The third-order valence-corrected chi connectivity index (χ3v) is 9.57. The molecule has 0 unspecified atom stereocenters. The van der Waals surface area contributed by atoms with E-state index < -0.39 is 34.7 Å². The van der Waals surface area contributed by atoms with E-state index in [1.165, 1.54) is 23.2 Å². The van der Waals surface area contributed by atoms with E-state index in [9.17, 15) is 24.5 Å². The average molecular weight is 769 g/mol. The summed E-state index contributed by atoms with van der Waals surface area (Å²) in [6.45, 7) is 4.32. The van der Waals surface area contributed by atoms with Gasteiger partial charge >= 0.3 is 0 Å². The average Bonchev–Trinajstić information content (AvgIpc) is 3.67. The molecule has 2 aliphatic heterocycles. The Hall–Kier alpha value is -4.80. The summed E-state index contributed by atoms with van der Waals surface area (Å²) in [5.74, 6) is -1.39. The van der Waals surface area contributed by atoms with Gasteiger partial charge in [-0.2, -0.15) is 5.10 Å². The smallest absolute Gasteiger partial charge is 0.294 e. The quantitative estimate of drug-likeness (QED) is 0.165. The molecule has 2 aromatic heterocycles. The lowest BCUT2D eigenvalue weighted by molar-refractivity contribution is -0.384. The third-order valence-electron chi connectivity index (χ3n) is 8.80. The number of benzene rings is 2. The van der Waals surface area contributed by atoms with Crippen LogP contribution in [0.2, 0.25) is 5.02 Å². The van der Waals surface area contributed by atoms with Crippen LogP contribution in [0.5, 0.6) is 0 Å². The van der Waals surface area contributed by atoms with Crippen LogP contribution >= 0.6 is 27.5 Å². The molecular formula is C33H35BrClN9O6. The number of nitro groups is 1. The molecule has 0 bridgehead atoms. The van der Waals surface area contributed by atoms with Crippen molar-refractivity contribution in [1.29, 1.82) is 0 Å². The van der Waals surface area contributed by atoms with Crippen LogP contribution in [0.25, 0.3) is 10.9 Å². The van der Waals surface area contributed by atoms with Gasteiger partial charge in [0.1, 0.15) is 11.7 Å². The minimum atomic E-state index is -1.02. The predicted octanol–water partition coefficient (Wildman–Crippen LogP) is 4.92. The number of likely N-dealkylation sites (tertiary alicyclic amines) is 1. The van der Waals surface area contributed by atoms with Crippen LogP contribution < -0.4 is 16.0 Å². The summed E-state index contributed by atoms with van der Waals surface area (Å²) >= 11 is 9.88. The number of carbonyl (C=O) groups is 3. The van der Waals surface area contributed by atoms with Crippen LogP contribution in [0.1, 0.15) is 41.0 Å². The van der Waals surface area contributed by atoms with Gasteiger partial charge in [-0.15, -0.1) is 0 Å². The number of hydrogen-bond acceptors (Lipinski definition) is 10. The monoisotopic (exact) mass is 767 g/mol. The van der Waals surface area contributed by atoms with E-state index in [1.54, 1.807) is 54.3 Å². The number of nitrogens with zero attached hydrogens (tertiary/aromatic N) is 6. The number of anilines is 3. The number of aromatic nitrogens is 3. The summed E-state index contributed by atoms with van der Waals surface area (Å²) in [6.07, 6.45) is 4.25. The van der Waals surface area contributed by atoms with Crippen LogP contribution in [0.15, 0.2) is 53.4 Å². The maximum absolute atomic E-state index is 14.0. The number of fused-ring (bicyclic) bond motifs is 1. The second kappa shape index (κ2) is 14.2. The lowest BCUT2D eigenvalue weighted by Gasteiger charge is -2.35. The highest BCUT2D eigenvalue weighted by Gasteiger charge is 2.42. The summed E-state index contributed by atoms with van der Waals surface area (Å²) in [4.78, 5) is 61.0. The molecule has 0 radical (unpaired) electrons. The summed E-state index contributed by atoms with van der Waals surface area (Å²) in [5.41, 5.74) is 1.67. The Kier molecular flexibility index (Phi) is 9.96.